The lowest BCUT2D eigenvalue weighted by atomic mass is 9.88. The van der Waals surface area contributed by atoms with Crippen LogP contribution in [-0.2, 0) is 11.8 Å². The summed E-state index contributed by atoms with van der Waals surface area (Å²) in [5, 5.41) is 4.84. The van der Waals surface area contributed by atoms with E-state index in [0.29, 0.717) is 6.54 Å². The Morgan fingerprint density at radius 3 is 2.22 bits per heavy atom. The van der Waals surface area contributed by atoms with Crippen molar-refractivity contribution in [1.82, 2.24) is 9.78 Å². The van der Waals surface area contributed by atoms with Gasteiger partial charge in [0.15, 0.2) is 0 Å². The van der Waals surface area contributed by atoms with Gasteiger partial charge in [-0.25, -0.2) is 4.68 Å². The highest BCUT2D eigenvalue weighted by Crippen LogP contribution is 2.34. The highest BCUT2D eigenvalue weighted by molar-refractivity contribution is 5.45. The summed E-state index contributed by atoms with van der Waals surface area (Å²) in [5.41, 5.74) is 8.78. The first-order valence-electron chi connectivity index (χ1n) is 7.93. The van der Waals surface area contributed by atoms with Gasteiger partial charge in [0, 0.05) is 11.0 Å². The maximum atomic E-state index is 5.69. The topological polar surface area (TPSA) is 62.3 Å². The Balaban J connectivity index is 2.55. The molecule has 0 aliphatic heterocycles. The third kappa shape index (κ3) is 3.67. The second-order valence-electron chi connectivity index (χ2n) is 6.59. The third-order valence-electron chi connectivity index (χ3n) is 3.79. The number of benzene rings is 1. The molecular formula is C18H27N3O2. The second-order valence-corrected chi connectivity index (χ2v) is 6.59. The third-order valence-corrected chi connectivity index (χ3v) is 3.79. The molecule has 0 fully saturated rings. The molecular weight excluding hydrogens is 290 g/mol. The summed E-state index contributed by atoms with van der Waals surface area (Å²) in [5.74, 6) is 1.60. The predicted molar refractivity (Wildman–Crippen MR) is 92.7 cm³/mol. The molecule has 0 radical (unpaired) electrons. The lowest BCUT2D eigenvalue weighted by Gasteiger charge is -2.17. The fraction of sp³-hybridized carbons (Fsp3) is 0.500. The van der Waals surface area contributed by atoms with E-state index in [4.69, 9.17) is 20.3 Å². The number of rotatable bonds is 6. The molecule has 23 heavy (non-hydrogen) atoms. The zero-order valence-corrected chi connectivity index (χ0v) is 14.7. The predicted octanol–water partition coefficient (Wildman–Crippen LogP) is 3.08. The van der Waals surface area contributed by atoms with Gasteiger partial charge in [0.25, 0.3) is 0 Å². The van der Waals surface area contributed by atoms with Gasteiger partial charge in [0.2, 0.25) is 5.88 Å². The molecule has 5 nitrogen and oxygen atoms in total. The first-order chi connectivity index (χ1) is 10.9. The molecule has 0 bridgehead atoms. The van der Waals surface area contributed by atoms with Gasteiger partial charge < -0.3 is 15.2 Å². The normalized spacial score (nSPS) is 11.6. The van der Waals surface area contributed by atoms with Gasteiger partial charge in [-0.2, -0.15) is 5.10 Å². The molecule has 0 unspecified atom stereocenters. The van der Waals surface area contributed by atoms with E-state index in [1.54, 1.807) is 14.2 Å². The van der Waals surface area contributed by atoms with E-state index in [0.717, 1.165) is 41.4 Å². The van der Waals surface area contributed by atoms with Crippen LogP contribution in [0, 0.1) is 0 Å². The molecule has 1 aromatic carbocycles. The summed E-state index contributed by atoms with van der Waals surface area (Å²) < 4.78 is 12.8. The average Bonchev–Trinajstić information content (AvgIpc) is 2.91. The van der Waals surface area contributed by atoms with Crippen LogP contribution in [-0.4, -0.2) is 30.5 Å². The van der Waals surface area contributed by atoms with Gasteiger partial charge in [0.05, 0.1) is 25.6 Å². The Morgan fingerprint density at radius 1 is 1.09 bits per heavy atom. The van der Waals surface area contributed by atoms with E-state index in [2.05, 4.69) is 20.8 Å². The Hall–Kier alpha value is -2.01. The quantitative estimate of drug-likeness (QED) is 0.889. The molecule has 2 N–H and O–H groups in total. The van der Waals surface area contributed by atoms with Crippen molar-refractivity contribution >= 4 is 0 Å². The van der Waals surface area contributed by atoms with Crippen molar-refractivity contribution in [3.63, 3.8) is 0 Å². The smallest absolute Gasteiger partial charge is 0.219 e. The molecule has 2 aromatic rings. The van der Waals surface area contributed by atoms with Gasteiger partial charge in [-0.05, 0) is 43.7 Å². The minimum Gasteiger partial charge on any atom is -0.497 e. The molecule has 2 rings (SSSR count). The van der Waals surface area contributed by atoms with Crippen LogP contribution in [0.3, 0.4) is 0 Å². The number of hydrogen-bond donors (Lipinski definition) is 1. The minimum absolute atomic E-state index is 0.0606. The summed E-state index contributed by atoms with van der Waals surface area (Å²) in [6, 6.07) is 7.81. The van der Waals surface area contributed by atoms with E-state index in [-0.39, 0.29) is 5.41 Å². The van der Waals surface area contributed by atoms with Crippen molar-refractivity contribution in [2.24, 2.45) is 5.73 Å². The van der Waals surface area contributed by atoms with Crippen LogP contribution in [0.2, 0.25) is 0 Å². The van der Waals surface area contributed by atoms with Crippen molar-refractivity contribution in [3.05, 3.63) is 35.5 Å². The van der Waals surface area contributed by atoms with Crippen LogP contribution >= 0.6 is 0 Å². The van der Waals surface area contributed by atoms with Gasteiger partial charge in [-0.1, -0.05) is 20.8 Å². The highest BCUT2D eigenvalue weighted by atomic mass is 16.5. The molecule has 5 heteroatoms. The average molecular weight is 317 g/mol. The van der Waals surface area contributed by atoms with Gasteiger partial charge in [-0.15, -0.1) is 0 Å². The Morgan fingerprint density at radius 2 is 1.74 bits per heavy atom. The zero-order chi connectivity index (χ0) is 17.0. The SMILES string of the molecule is COc1ccc(-n2nc(C(C)(C)C)c(CCCN)c2OC)cc1. The fourth-order valence-electron chi connectivity index (χ4n) is 2.65. The molecule has 0 aliphatic rings. The van der Waals surface area contributed by atoms with E-state index in [1.165, 1.54) is 0 Å². The number of nitrogens with two attached hydrogens (primary N) is 1. The summed E-state index contributed by atoms with van der Waals surface area (Å²) >= 11 is 0. The van der Waals surface area contributed by atoms with E-state index in [1.807, 2.05) is 28.9 Å². The Labute approximate surface area is 138 Å². The number of aromatic nitrogens is 2. The minimum atomic E-state index is -0.0606. The molecule has 0 saturated heterocycles. The monoisotopic (exact) mass is 317 g/mol. The Bertz CT molecular complexity index is 640. The van der Waals surface area contributed by atoms with E-state index in [9.17, 15) is 0 Å². The molecule has 0 saturated carbocycles. The number of nitrogens with zero attached hydrogens (tertiary/aromatic N) is 2. The van der Waals surface area contributed by atoms with Crippen molar-refractivity contribution in [3.8, 4) is 17.3 Å². The largest absolute Gasteiger partial charge is 0.497 e. The first-order valence-corrected chi connectivity index (χ1v) is 7.93. The van der Waals surface area contributed by atoms with Gasteiger partial charge in [0.1, 0.15) is 5.75 Å². The summed E-state index contributed by atoms with van der Waals surface area (Å²) in [6.07, 6.45) is 1.77. The van der Waals surface area contributed by atoms with E-state index < -0.39 is 0 Å². The molecule has 0 spiro atoms. The van der Waals surface area contributed by atoms with Crippen LogP contribution in [0.5, 0.6) is 11.6 Å². The summed E-state index contributed by atoms with van der Waals surface area (Å²) in [6.45, 7) is 7.15. The summed E-state index contributed by atoms with van der Waals surface area (Å²) in [4.78, 5) is 0. The van der Waals surface area contributed by atoms with E-state index >= 15 is 0 Å². The lowest BCUT2D eigenvalue weighted by Crippen LogP contribution is -2.15. The molecule has 1 heterocycles. The maximum Gasteiger partial charge on any atom is 0.219 e. The lowest BCUT2D eigenvalue weighted by molar-refractivity contribution is 0.378. The van der Waals surface area contributed by atoms with Crippen LogP contribution < -0.4 is 15.2 Å². The summed E-state index contributed by atoms with van der Waals surface area (Å²) in [7, 11) is 3.35. The maximum absolute atomic E-state index is 5.69. The van der Waals surface area contributed by atoms with Crippen LogP contribution in [0.4, 0.5) is 0 Å². The van der Waals surface area contributed by atoms with Crippen molar-refractivity contribution in [2.75, 3.05) is 20.8 Å². The first kappa shape index (κ1) is 17.3. The zero-order valence-electron chi connectivity index (χ0n) is 14.7. The highest BCUT2D eigenvalue weighted by Gasteiger charge is 2.27. The number of ether oxygens (including phenoxy) is 2. The van der Waals surface area contributed by atoms with Gasteiger partial charge in [-0.3, -0.25) is 0 Å². The standard InChI is InChI=1S/C18H27N3O2/c1-18(2,3)16-15(7-6-12-19)17(23-5)21(20-16)13-8-10-14(22-4)11-9-13/h8-11H,6-7,12,19H2,1-5H3. The van der Waals surface area contributed by atoms with Gasteiger partial charge >= 0.3 is 0 Å². The van der Waals surface area contributed by atoms with Crippen molar-refractivity contribution in [2.45, 2.75) is 39.0 Å². The van der Waals surface area contributed by atoms with Crippen LogP contribution in [0.15, 0.2) is 24.3 Å². The second kappa shape index (κ2) is 7.04. The number of methoxy groups -OCH3 is 2. The molecule has 0 amide bonds. The molecule has 1 aromatic heterocycles. The molecule has 0 atom stereocenters. The number of hydrogen-bond acceptors (Lipinski definition) is 4. The Kier molecular flexibility index (Phi) is 5.31. The fourth-order valence-corrected chi connectivity index (χ4v) is 2.65. The van der Waals surface area contributed by atoms with Crippen LogP contribution in [0.1, 0.15) is 38.4 Å². The molecule has 126 valence electrons. The van der Waals surface area contributed by atoms with Crippen molar-refractivity contribution < 1.29 is 9.47 Å². The molecule has 0 aliphatic carbocycles. The van der Waals surface area contributed by atoms with Crippen LogP contribution in [0.25, 0.3) is 5.69 Å². The van der Waals surface area contributed by atoms with Crippen molar-refractivity contribution in [1.29, 1.82) is 0 Å².